The SMILES string of the molecule is CCOC(=O)C(C(=O)CCCCNC(=O)OCc1ccccc1)c1ccccc1. The number of benzene rings is 2. The van der Waals surface area contributed by atoms with Gasteiger partial charge in [-0.15, -0.1) is 0 Å². The van der Waals surface area contributed by atoms with Gasteiger partial charge in [-0.05, 0) is 30.9 Å². The van der Waals surface area contributed by atoms with Crippen molar-refractivity contribution in [2.24, 2.45) is 0 Å². The molecule has 0 aliphatic rings. The van der Waals surface area contributed by atoms with Crippen molar-refractivity contribution in [3.05, 3.63) is 71.8 Å². The first-order valence-corrected chi connectivity index (χ1v) is 9.80. The highest BCUT2D eigenvalue weighted by atomic mass is 16.5. The number of nitrogens with one attached hydrogen (secondary N) is 1. The van der Waals surface area contributed by atoms with E-state index in [2.05, 4.69) is 5.32 Å². The zero-order valence-electron chi connectivity index (χ0n) is 16.6. The highest BCUT2D eigenvalue weighted by molar-refractivity contribution is 6.04. The van der Waals surface area contributed by atoms with Gasteiger partial charge in [0.2, 0.25) is 0 Å². The smallest absolute Gasteiger partial charge is 0.407 e. The number of hydrogen-bond donors (Lipinski definition) is 1. The number of amides is 1. The van der Waals surface area contributed by atoms with E-state index in [1.54, 1.807) is 31.2 Å². The maximum Gasteiger partial charge on any atom is 0.407 e. The molecule has 154 valence electrons. The van der Waals surface area contributed by atoms with Gasteiger partial charge in [0, 0.05) is 13.0 Å². The van der Waals surface area contributed by atoms with Gasteiger partial charge in [0.15, 0.2) is 5.78 Å². The van der Waals surface area contributed by atoms with Crippen molar-refractivity contribution in [1.29, 1.82) is 0 Å². The minimum absolute atomic E-state index is 0.179. The molecule has 0 saturated heterocycles. The second-order valence-corrected chi connectivity index (χ2v) is 6.51. The Morgan fingerprint density at radius 3 is 2.21 bits per heavy atom. The fourth-order valence-corrected chi connectivity index (χ4v) is 2.86. The van der Waals surface area contributed by atoms with E-state index in [9.17, 15) is 14.4 Å². The number of rotatable bonds is 11. The molecule has 0 bridgehead atoms. The van der Waals surface area contributed by atoms with Crippen LogP contribution in [-0.2, 0) is 25.7 Å². The van der Waals surface area contributed by atoms with Crippen molar-refractivity contribution in [3.63, 3.8) is 0 Å². The fourth-order valence-electron chi connectivity index (χ4n) is 2.86. The van der Waals surface area contributed by atoms with E-state index in [-0.39, 0.29) is 25.4 Å². The molecule has 0 aliphatic heterocycles. The maximum absolute atomic E-state index is 12.6. The molecule has 0 aromatic heterocycles. The molecule has 0 saturated carbocycles. The average Bonchev–Trinajstić information content (AvgIpc) is 2.74. The second kappa shape index (κ2) is 12.3. The first-order valence-electron chi connectivity index (χ1n) is 9.80. The summed E-state index contributed by atoms with van der Waals surface area (Å²) in [5, 5.41) is 2.67. The number of ether oxygens (including phenoxy) is 2. The van der Waals surface area contributed by atoms with Crippen LogP contribution in [0.4, 0.5) is 4.79 Å². The highest BCUT2D eigenvalue weighted by Crippen LogP contribution is 2.21. The molecule has 1 atom stereocenters. The lowest BCUT2D eigenvalue weighted by atomic mass is 9.92. The lowest BCUT2D eigenvalue weighted by Crippen LogP contribution is -2.26. The van der Waals surface area contributed by atoms with Crippen LogP contribution in [0.3, 0.4) is 0 Å². The monoisotopic (exact) mass is 397 g/mol. The van der Waals surface area contributed by atoms with Gasteiger partial charge >= 0.3 is 12.1 Å². The molecule has 2 aromatic rings. The summed E-state index contributed by atoms with van der Waals surface area (Å²) in [5.41, 5.74) is 1.55. The lowest BCUT2D eigenvalue weighted by molar-refractivity contribution is -0.147. The van der Waals surface area contributed by atoms with E-state index in [0.29, 0.717) is 24.9 Å². The van der Waals surface area contributed by atoms with Gasteiger partial charge in [-0.25, -0.2) is 4.79 Å². The normalized spacial score (nSPS) is 11.3. The Bertz CT molecular complexity index is 776. The minimum atomic E-state index is -0.903. The van der Waals surface area contributed by atoms with Crippen LogP contribution >= 0.6 is 0 Å². The third kappa shape index (κ3) is 7.78. The molecule has 2 rings (SSSR count). The van der Waals surface area contributed by atoms with Gasteiger partial charge in [0.05, 0.1) is 6.61 Å². The molecule has 0 fully saturated rings. The summed E-state index contributed by atoms with van der Waals surface area (Å²) in [6, 6.07) is 18.3. The van der Waals surface area contributed by atoms with Gasteiger partial charge in [-0.3, -0.25) is 9.59 Å². The Morgan fingerprint density at radius 2 is 1.55 bits per heavy atom. The Morgan fingerprint density at radius 1 is 0.897 bits per heavy atom. The summed E-state index contributed by atoms with van der Waals surface area (Å²) in [6.07, 6.45) is 0.907. The second-order valence-electron chi connectivity index (χ2n) is 6.51. The van der Waals surface area contributed by atoms with Crippen LogP contribution in [0.15, 0.2) is 60.7 Å². The van der Waals surface area contributed by atoms with Gasteiger partial charge in [-0.2, -0.15) is 0 Å². The number of carbonyl (C=O) groups is 3. The summed E-state index contributed by atoms with van der Waals surface area (Å²) < 4.78 is 10.2. The molecular weight excluding hydrogens is 370 g/mol. The van der Waals surface area contributed by atoms with Crippen molar-refractivity contribution >= 4 is 17.8 Å². The summed E-state index contributed by atoms with van der Waals surface area (Å²) in [6.45, 7) is 2.55. The van der Waals surface area contributed by atoms with Crippen LogP contribution in [0.1, 0.15) is 43.2 Å². The van der Waals surface area contributed by atoms with Crippen molar-refractivity contribution in [3.8, 4) is 0 Å². The maximum atomic E-state index is 12.6. The summed E-state index contributed by atoms with van der Waals surface area (Å²) in [4.78, 5) is 36.5. The van der Waals surface area contributed by atoms with Gasteiger partial charge in [0.25, 0.3) is 0 Å². The predicted octanol–water partition coefficient (Wildman–Crippen LogP) is 4.00. The van der Waals surface area contributed by atoms with Crippen LogP contribution in [0, 0.1) is 0 Å². The molecule has 6 heteroatoms. The van der Waals surface area contributed by atoms with Crippen molar-refractivity contribution in [2.45, 2.75) is 38.7 Å². The molecule has 0 heterocycles. The van der Waals surface area contributed by atoms with E-state index >= 15 is 0 Å². The predicted molar refractivity (Wildman–Crippen MR) is 109 cm³/mol. The average molecular weight is 397 g/mol. The Balaban J connectivity index is 1.71. The molecule has 1 unspecified atom stereocenters. The molecule has 1 N–H and O–H groups in total. The molecule has 2 aromatic carbocycles. The first-order chi connectivity index (χ1) is 14.1. The number of esters is 1. The highest BCUT2D eigenvalue weighted by Gasteiger charge is 2.28. The Labute approximate surface area is 171 Å². The molecule has 0 spiro atoms. The number of hydrogen-bond acceptors (Lipinski definition) is 5. The molecular formula is C23H27NO5. The van der Waals surface area contributed by atoms with E-state index in [1.807, 2.05) is 36.4 Å². The van der Waals surface area contributed by atoms with E-state index < -0.39 is 18.0 Å². The van der Waals surface area contributed by atoms with Crippen LogP contribution in [0.25, 0.3) is 0 Å². The van der Waals surface area contributed by atoms with Crippen LogP contribution in [0.2, 0.25) is 0 Å². The quantitative estimate of drug-likeness (QED) is 0.352. The number of carbonyl (C=O) groups excluding carboxylic acids is 3. The fraction of sp³-hybridized carbons (Fsp3) is 0.348. The van der Waals surface area contributed by atoms with Crippen LogP contribution in [0.5, 0.6) is 0 Å². The van der Waals surface area contributed by atoms with E-state index in [0.717, 1.165) is 5.56 Å². The van der Waals surface area contributed by atoms with Gasteiger partial charge in [-0.1, -0.05) is 60.7 Å². The summed E-state index contributed by atoms with van der Waals surface area (Å²) in [7, 11) is 0. The van der Waals surface area contributed by atoms with E-state index in [1.165, 1.54) is 0 Å². The zero-order chi connectivity index (χ0) is 20.9. The molecule has 0 aliphatic carbocycles. The van der Waals surface area contributed by atoms with Crippen molar-refractivity contribution in [2.75, 3.05) is 13.2 Å². The number of Topliss-reactive ketones (excluding diaryl/α,β-unsaturated/α-hetero) is 1. The Kier molecular flexibility index (Phi) is 9.42. The lowest BCUT2D eigenvalue weighted by Gasteiger charge is -2.15. The van der Waals surface area contributed by atoms with Crippen molar-refractivity contribution < 1.29 is 23.9 Å². The molecule has 6 nitrogen and oxygen atoms in total. The topological polar surface area (TPSA) is 81.7 Å². The minimum Gasteiger partial charge on any atom is -0.465 e. The number of alkyl carbamates (subject to hydrolysis) is 1. The number of unbranched alkanes of at least 4 members (excludes halogenated alkanes) is 1. The van der Waals surface area contributed by atoms with E-state index in [4.69, 9.17) is 9.47 Å². The number of ketones is 1. The molecule has 1 amide bonds. The largest absolute Gasteiger partial charge is 0.465 e. The standard InChI is InChI=1S/C23H27NO5/c1-2-28-22(26)21(19-13-7-4-8-14-19)20(25)15-9-10-16-24-23(27)29-17-18-11-5-3-6-12-18/h3-8,11-14,21H,2,9-10,15-17H2,1H3,(H,24,27). The van der Waals surface area contributed by atoms with Gasteiger partial charge < -0.3 is 14.8 Å². The first kappa shape index (κ1) is 22.1. The summed E-state index contributed by atoms with van der Waals surface area (Å²) in [5.74, 6) is -1.60. The molecule has 29 heavy (non-hydrogen) atoms. The van der Waals surface area contributed by atoms with Gasteiger partial charge in [0.1, 0.15) is 12.5 Å². The zero-order valence-corrected chi connectivity index (χ0v) is 16.6. The summed E-state index contributed by atoms with van der Waals surface area (Å²) >= 11 is 0. The Hall–Kier alpha value is -3.15. The van der Waals surface area contributed by atoms with Crippen LogP contribution in [-0.4, -0.2) is 31.0 Å². The third-order valence-electron chi connectivity index (χ3n) is 4.31. The third-order valence-corrected chi connectivity index (χ3v) is 4.31. The molecule has 0 radical (unpaired) electrons. The van der Waals surface area contributed by atoms with Crippen LogP contribution < -0.4 is 5.32 Å². The van der Waals surface area contributed by atoms with Crippen molar-refractivity contribution in [1.82, 2.24) is 5.32 Å².